The van der Waals surface area contributed by atoms with Gasteiger partial charge in [0.05, 0.1) is 4.90 Å². The lowest BCUT2D eigenvalue weighted by atomic mass is 10.2. The van der Waals surface area contributed by atoms with Crippen molar-refractivity contribution in [2.24, 2.45) is 0 Å². The first kappa shape index (κ1) is 22.4. The Kier molecular flexibility index (Phi) is 8.05. The van der Waals surface area contributed by atoms with Crippen LogP contribution in [-0.4, -0.2) is 55.9 Å². The van der Waals surface area contributed by atoms with Crippen molar-refractivity contribution in [3.8, 4) is 0 Å². The lowest BCUT2D eigenvalue weighted by Gasteiger charge is -2.29. The van der Waals surface area contributed by atoms with Gasteiger partial charge in [0.1, 0.15) is 5.60 Å². The molecule has 0 unspecified atom stereocenters. The van der Waals surface area contributed by atoms with E-state index in [0.29, 0.717) is 6.42 Å². The Balaban J connectivity index is 2.80. The van der Waals surface area contributed by atoms with Gasteiger partial charge >= 0.3 is 6.09 Å². The summed E-state index contributed by atoms with van der Waals surface area (Å²) in [6.07, 6.45) is -0.149. The minimum Gasteiger partial charge on any atom is -0.444 e. The molecule has 0 heterocycles. The van der Waals surface area contributed by atoms with E-state index in [9.17, 15) is 13.2 Å². The summed E-state index contributed by atoms with van der Waals surface area (Å²) in [5, 5.41) is 9.03. The highest BCUT2D eigenvalue weighted by atomic mass is 32.2. The van der Waals surface area contributed by atoms with Crippen LogP contribution in [0.4, 0.5) is 4.79 Å². The van der Waals surface area contributed by atoms with E-state index in [4.69, 9.17) is 9.84 Å². The number of benzene rings is 1. The van der Waals surface area contributed by atoms with Crippen LogP contribution in [0.15, 0.2) is 29.2 Å². The number of aryl methyl sites for hydroxylation is 1. The molecule has 2 N–H and O–H groups in total. The topological polar surface area (TPSA) is 95.9 Å². The molecule has 0 saturated heterocycles. The van der Waals surface area contributed by atoms with Crippen molar-refractivity contribution >= 4 is 16.1 Å². The maximum atomic E-state index is 12.5. The largest absolute Gasteiger partial charge is 0.444 e. The quantitative estimate of drug-likeness (QED) is 0.715. The standard InChI is InChI=1S/C18H30N2O5S/c1-14-7-9-16(10-8-14)26(23,24)19-15(2)13-20(11-6-12-21)17(22)25-18(3,4)5/h7-10,15,19,21H,6,11-13H2,1-5H3/t15-/m0/s1. The number of aliphatic hydroxyl groups is 1. The molecule has 0 aliphatic heterocycles. The van der Waals surface area contributed by atoms with Gasteiger partial charge in [-0.1, -0.05) is 17.7 Å². The zero-order valence-electron chi connectivity index (χ0n) is 16.2. The van der Waals surface area contributed by atoms with Crippen LogP contribution in [0.3, 0.4) is 0 Å². The fraction of sp³-hybridized carbons (Fsp3) is 0.611. The molecule has 148 valence electrons. The molecule has 1 aromatic rings. The van der Waals surface area contributed by atoms with Crippen molar-refractivity contribution in [1.29, 1.82) is 0 Å². The van der Waals surface area contributed by atoms with Crippen LogP contribution in [0.2, 0.25) is 0 Å². The second-order valence-corrected chi connectivity index (χ2v) is 9.05. The van der Waals surface area contributed by atoms with E-state index in [0.717, 1.165) is 5.56 Å². The number of hydrogen-bond acceptors (Lipinski definition) is 5. The average Bonchev–Trinajstić information content (AvgIpc) is 2.49. The first-order chi connectivity index (χ1) is 11.9. The second-order valence-electron chi connectivity index (χ2n) is 7.34. The minimum atomic E-state index is -3.68. The van der Waals surface area contributed by atoms with Gasteiger partial charge in [-0.05, 0) is 53.2 Å². The Hall–Kier alpha value is -1.64. The van der Waals surface area contributed by atoms with E-state index in [1.165, 1.54) is 4.90 Å². The number of sulfonamides is 1. The van der Waals surface area contributed by atoms with Crippen LogP contribution in [0, 0.1) is 6.92 Å². The Labute approximate surface area is 156 Å². The van der Waals surface area contributed by atoms with Crippen LogP contribution in [0.5, 0.6) is 0 Å². The Morgan fingerprint density at radius 1 is 1.27 bits per heavy atom. The van der Waals surface area contributed by atoms with Gasteiger partial charge in [0.25, 0.3) is 0 Å². The maximum Gasteiger partial charge on any atom is 0.410 e. The minimum absolute atomic E-state index is 0.0667. The number of amides is 1. The van der Waals surface area contributed by atoms with E-state index in [-0.39, 0.29) is 24.6 Å². The number of carbonyl (C=O) groups excluding carboxylic acids is 1. The van der Waals surface area contributed by atoms with Crippen LogP contribution in [0.1, 0.15) is 39.7 Å². The molecule has 1 atom stereocenters. The highest BCUT2D eigenvalue weighted by Gasteiger charge is 2.25. The lowest BCUT2D eigenvalue weighted by Crippen LogP contribution is -2.46. The van der Waals surface area contributed by atoms with Gasteiger partial charge in [-0.2, -0.15) is 0 Å². The first-order valence-electron chi connectivity index (χ1n) is 8.62. The van der Waals surface area contributed by atoms with Gasteiger partial charge in [0, 0.05) is 25.7 Å². The van der Waals surface area contributed by atoms with Crippen molar-refractivity contribution in [3.63, 3.8) is 0 Å². The predicted octanol–water partition coefficient (Wildman–Crippen LogP) is 2.28. The zero-order valence-corrected chi connectivity index (χ0v) is 17.0. The molecule has 0 radical (unpaired) electrons. The van der Waals surface area contributed by atoms with E-state index in [1.54, 1.807) is 52.0 Å². The summed E-state index contributed by atoms with van der Waals surface area (Å²) in [5.41, 5.74) is 0.316. The third kappa shape index (κ3) is 7.72. The molecule has 7 nitrogen and oxygen atoms in total. The molecule has 1 aromatic carbocycles. The molecule has 1 amide bonds. The Morgan fingerprint density at radius 3 is 2.35 bits per heavy atom. The van der Waals surface area contributed by atoms with Gasteiger partial charge in [-0.15, -0.1) is 0 Å². The molecule has 0 aromatic heterocycles. The molecule has 8 heteroatoms. The van der Waals surface area contributed by atoms with Crippen LogP contribution >= 0.6 is 0 Å². The number of hydrogen-bond donors (Lipinski definition) is 2. The van der Waals surface area contributed by atoms with E-state index in [2.05, 4.69) is 4.72 Å². The number of nitrogens with zero attached hydrogens (tertiary/aromatic N) is 1. The van der Waals surface area contributed by atoms with Gasteiger partial charge in [-0.25, -0.2) is 17.9 Å². The molecule has 0 aliphatic rings. The van der Waals surface area contributed by atoms with Gasteiger partial charge in [0.15, 0.2) is 0 Å². The number of ether oxygens (including phenoxy) is 1. The predicted molar refractivity (Wildman–Crippen MR) is 100 cm³/mol. The lowest BCUT2D eigenvalue weighted by molar-refractivity contribution is 0.0229. The number of rotatable bonds is 8. The maximum absolute atomic E-state index is 12.5. The third-order valence-electron chi connectivity index (χ3n) is 3.42. The highest BCUT2D eigenvalue weighted by molar-refractivity contribution is 7.89. The zero-order chi connectivity index (χ0) is 20.0. The summed E-state index contributed by atoms with van der Waals surface area (Å²) in [5.74, 6) is 0. The molecule has 0 spiro atoms. The molecule has 0 bridgehead atoms. The van der Waals surface area contributed by atoms with Crippen LogP contribution < -0.4 is 4.72 Å². The summed E-state index contributed by atoms with van der Waals surface area (Å²) >= 11 is 0. The summed E-state index contributed by atoms with van der Waals surface area (Å²) < 4.78 is 32.9. The molecule has 0 saturated carbocycles. The number of carbonyl (C=O) groups is 1. The van der Waals surface area contributed by atoms with Crippen LogP contribution in [0.25, 0.3) is 0 Å². The third-order valence-corrected chi connectivity index (χ3v) is 5.03. The van der Waals surface area contributed by atoms with E-state index < -0.39 is 27.8 Å². The van der Waals surface area contributed by atoms with Gasteiger partial charge < -0.3 is 14.7 Å². The fourth-order valence-electron chi connectivity index (χ4n) is 2.26. The molecule has 26 heavy (non-hydrogen) atoms. The molecule has 0 aliphatic carbocycles. The smallest absolute Gasteiger partial charge is 0.410 e. The molecule has 0 fully saturated rings. The molecule has 1 rings (SSSR count). The van der Waals surface area contributed by atoms with E-state index in [1.807, 2.05) is 6.92 Å². The number of nitrogens with one attached hydrogen (secondary N) is 1. The van der Waals surface area contributed by atoms with Crippen molar-refractivity contribution < 1.29 is 23.1 Å². The summed E-state index contributed by atoms with van der Waals surface area (Å²) in [4.78, 5) is 13.9. The van der Waals surface area contributed by atoms with Gasteiger partial charge in [-0.3, -0.25) is 0 Å². The highest BCUT2D eigenvalue weighted by Crippen LogP contribution is 2.13. The van der Waals surface area contributed by atoms with Crippen LogP contribution in [-0.2, 0) is 14.8 Å². The Bertz CT molecular complexity index is 681. The average molecular weight is 387 g/mol. The monoisotopic (exact) mass is 386 g/mol. The summed E-state index contributed by atoms with van der Waals surface area (Å²) in [7, 11) is -3.68. The van der Waals surface area contributed by atoms with Crippen molar-refractivity contribution in [2.45, 2.75) is 57.6 Å². The normalized spacial score (nSPS) is 13.3. The second kappa shape index (κ2) is 9.34. The van der Waals surface area contributed by atoms with Crippen molar-refractivity contribution in [3.05, 3.63) is 29.8 Å². The summed E-state index contributed by atoms with van der Waals surface area (Å²) in [6.45, 7) is 9.20. The molecular weight excluding hydrogens is 356 g/mol. The summed E-state index contributed by atoms with van der Waals surface area (Å²) in [6, 6.07) is 6.03. The SMILES string of the molecule is Cc1ccc(S(=O)(=O)N[C@@H](C)CN(CCCO)C(=O)OC(C)(C)C)cc1. The molecular formula is C18H30N2O5S. The number of aliphatic hydroxyl groups excluding tert-OH is 1. The van der Waals surface area contributed by atoms with Gasteiger partial charge in [0.2, 0.25) is 10.0 Å². The fourth-order valence-corrected chi connectivity index (χ4v) is 3.50. The van der Waals surface area contributed by atoms with Crippen molar-refractivity contribution in [1.82, 2.24) is 9.62 Å². The van der Waals surface area contributed by atoms with Crippen molar-refractivity contribution in [2.75, 3.05) is 19.7 Å². The van der Waals surface area contributed by atoms with E-state index >= 15 is 0 Å². The first-order valence-corrected chi connectivity index (χ1v) is 10.1. The Morgan fingerprint density at radius 2 is 1.85 bits per heavy atom.